The lowest BCUT2D eigenvalue weighted by atomic mass is 9.67. The van der Waals surface area contributed by atoms with E-state index in [9.17, 15) is 9.90 Å². The Morgan fingerprint density at radius 1 is 1.21 bits per heavy atom. The second-order valence-corrected chi connectivity index (χ2v) is 9.70. The summed E-state index contributed by atoms with van der Waals surface area (Å²) in [6, 6.07) is 0. The molecule has 2 unspecified atom stereocenters. The summed E-state index contributed by atoms with van der Waals surface area (Å²) < 4.78 is 0. The third-order valence-electron chi connectivity index (χ3n) is 6.53. The number of amides is 1. The Morgan fingerprint density at radius 3 is 2.42 bits per heavy atom. The van der Waals surface area contributed by atoms with E-state index in [1.165, 1.54) is 19.3 Å². The van der Waals surface area contributed by atoms with Crippen molar-refractivity contribution in [2.24, 2.45) is 23.2 Å². The normalized spacial score (nSPS) is 32.6. The van der Waals surface area contributed by atoms with E-state index < -0.39 is 0 Å². The molecule has 0 aromatic heterocycles. The van der Waals surface area contributed by atoms with Crippen molar-refractivity contribution in [2.75, 3.05) is 26.2 Å². The van der Waals surface area contributed by atoms with Gasteiger partial charge in [-0.2, -0.15) is 0 Å². The van der Waals surface area contributed by atoms with Gasteiger partial charge in [-0.1, -0.05) is 20.8 Å². The average Bonchev–Trinajstić information content (AvgIpc) is 3.35. The van der Waals surface area contributed by atoms with Crippen LogP contribution in [-0.4, -0.2) is 47.7 Å². The molecule has 3 rings (SSSR count). The molecule has 1 amide bonds. The molecule has 2 atom stereocenters. The van der Waals surface area contributed by atoms with Crippen LogP contribution in [0, 0.1) is 23.2 Å². The summed E-state index contributed by atoms with van der Waals surface area (Å²) in [7, 11) is 0. The number of rotatable bonds is 5. The highest BCUT2D eigenvalue weighted by Crippen LogP contribution is 2.42. The van der Waals surface area contributed by atoms with Crippen LogP contribution in [0.1, 0.15) is 65.7 Å². The molecule has 2 N–H and O–H groups in total. The minimum atomic E-state index is -0.154. The summed E-state index contributed by atoms with van der Waals surface area (Å²) in [4.78, 5) is 15.1. The molecule has 0 bridgehead atoms. The molecule has 3 fully saturated rings. The Hall–Kier alpha value is -0.610. The van der Waals surface area contributed by atoms with Crippen LogP contribution in [-0.2, 0) is 4.79 Å². The van der Waals surface area contributed by atoms with Crippen LogP contribution in [0.4, 0.5) is 0 Å². The van der Waals surface area contributed by atoms with Gasteiger partial charge in [0.25, 0.3) is 0 Å². The first kappa shape index (κ1) is 18.2. The van der Waals surface area contributed by atoms with Crippen molar-refractivity contribution in [3.63, 3.8) is 0 Å². The zero-order chi connectivity index (χ0) is 17.4. The first-order chi connectivity index (χ1) is 11.3. The van der Waals surface area contributed by atoms with Crippen molar-refractivity contribution in [3.05, 3.63) is 0 Å². The lowest BCUT2D eigenvalue weighted by molar-refractivity contribution is -0.140. The number of nitrogens with zero attached hydrogens (tertiary/aromatic N) is 1. The van der Waals surface area contributed by atoms with Crippen molar-refractivity contribution < 1.29 is 9.90 Å². The maximum absolute atomic E-state index is 13.0. The van der Waals surface area contributed by atoms with Gasteiger partial charge in [-0.3, -0.25) is 4.79 Å². The first-order valence-electron chi connectivity index (χ1n) is 9.97. The Balaban J connectivity index is 1.54. The molecule has 1 aliphatic heterocycles. The van der Waals surface area contributed by atoms with Crippen LogP contribution in [0.3, 0.4) is 0 Å². The highest BCUT2D eigenvalue weighted by Gasteiger charge is 2.41. The van der Waals surface area contributed by atoms with Gasteiger partial charge >= 0.3 is 0 Å². The molecule has 138 valence electrons. The number of piperidine rings is 1. The molecule has 0 aromatic carbocycles. The molecule has 0 aromatic rings. The van der Waals surface area contributed by atoms with Crippen LogP contribution in [0.25, 0.3) is 0 Å². The van der Waals surface area contributed by atoms with Gasteiger partial charge in [-0.05, 0) is 68.7 Å². The fraction of sp³-hybridized carbons (Fsp3) is 0.950. The topological polar surface area (TPSA) is 52.6 Å². The van der Waals surface area contributed by atoms with Gasteiger partial charge in [0.2, 0.25) is 5.91 Å². The zero-order valence-corrected chi connectivity index (χ0v) is 15.8. The molecule has 1 heterocycles. The quantitative estimate of drug-likeness (QED) is 0.812. The lowest BCUT2D eigenvalue weighted by Gasteiger charge is -2.44. The van der Waals surface area contributed by atoms with E-state index in [1.807, 2.05) is 0 Å². The van der Waals surface area contributed by atoms with Crippen molar-refractivity contribution in [1.82, 2.24) is 10.2 Å². The summed E-state index contributed by atoms with van der Waals surface area (Å²) >= 11 is 0. The van der Waals surface area contributed by atoms with Crippen molar-refractivity contribution in [3.8, 4) is 0 Å². The predicted molar refractivity (Wildman–Crippen MR) is 96.6 cm³/mol. The van der Waals surface area contributed by atoms with Crippen LogP contribution in [0.2, 0.25) is 0 Å². The molecule has 1 saturated heterocycles. The van der Waals surface area contributed by atoms with E-state index in [4.69, 9.17) is 0 Å². The maximum atomic E-state index is 13.0. The third kappa shape index (κ3) is 4.32. The van der Waals surface area contributed by atoms with Gasteiger partial charge in [-0.25, -0.2) is 0 Å². The number of carbonyl (C=O) groups is 1. The number of hydrogen-bond donors (Lipinski definition) is 2. The average molecular weight is 337 g/mol. The van der Waals surface area contributed by atoms with Crippen LogP contribution >= 0.6 is 0 Å². The smallest absolute Gasteiger partial charge is 0.225 e. The van der Waals surface area contributed by atoms with Crippen LogP contribution in [0.5, 0.6) is 0 Å². The van der Waals surface area contributed by atoms with Gasteiger partial charge in [0.15, 0.2) is 0 Å². The van der Waals surface area contributed by atoms with Crippen molar-refractivity contribution in [1.29, 1.82) is 0 Å². The summed E-state index contributed by atoms with van der Waals surface area (Å²) in [6.07, 6.45) is 7.72. The number of aliphatic hydroxyl groups is 1. The fourth-order valence-electron chi connectivity index (χ4n) is 5.02. The van der Waals surface area contributed by atoms with Gasteiger partial charge in [0.1, 0.15) is 0 Å². The second-order valence-electron chi connectivity index (χ2n) is 9.70. The van der Waals surface area contributed by atoms with E-state index in [0.29, 0.717) is 11.8 Å². The zero-order valence-electron chi connectivity index (χ0n) is 15.8. The van der Waals surface area contributed by atoms with E-state index in [0.717, 1.165) is 51.2 Å². The van der Waals surface area contributed by atoms with Crippen LogP contribution < -0.4 is 5.32 Å². The van der Waals surface area contributed by atoms with Crippen molar-refractivity contribution in [2.45, 2.75) is 71.3 Å². The number of hydrogen-bond acceptors (Lipinski definition) is 3. The second kappa shape index (κ2) is 6.95. The minimum absolute atomic E-state index is 0.154. The molecule has 3 aliphatic rings. The van der Waals surface area contributed by atoms with E-state index in [-0.39, 0.29) is 23.5 Å². The molecule has 0 radical (unpaired) electrons. The summed E-state index contributed by atoms with van der Waals surface area (Å²) in [5, 5.41) is 13.5. The Labute approximate surface area is 147 Å². The number of aliphatic hydroxyl groups excluding tert-OH is 1. The summed E-state index contributed by atoms with van der Waals surface area (Å²) in [6.45, 7) is 9.70. The monoisotopic (exact) mass is 336 g/mol. The Bertz CT molecular complexity index is 451. The minimum Gasteiger partial charge on any atom is -0.394 e. The number of nitrogens with one attached hydrogen (secondary N) is 1. The molecular formula is C20H36N2O2. The van der Waals surface area contributed by atoms with Gasteiger partial charge in [0, 0.05) is 24.5 Å². The number of likely N-dealkylation sites (tertiary alicyclic amines) is 1. The third-order valence-corrected chi connectivity index (χ3v) is 6.53. The predicted octanol–water partition coefficient (Wildman–Crippen LogP) is 2.80. The summed E-state index contributed by atoms with van der Waals surface area (Å²) in [5.41, 5.74) is 0.132. The maximum Gasteiger partial charge on any atom is 0.225 e. The molecule has 4 heteroatoms. The lowest BCUT2D eigenvalue weighted by Crippen LogP contribution is -2.58. The molecule has 0 spiro atoms. The molecular weight excluding hydrogens is 300 g/mol. The Kier molecular flexibility index (Phi) is 5.27. The highest BCUT2D eigenvalue weighted by molar-refractivity contribution is 5.79. The summed E-state index contributed by atoms with van der Waals surface area (Å²) in [5.74, 6) is 2.02. The first-order valence-corrected chi connectivity index (χ1v) is 9.97. The van der Waals surface area contributed by atoms with Crippen LogP contribution in [0.15, 0.2) is 0 Å². The largest absolute Gasteiger partial charge is 0.394 e. The van der Waals surface area contributed by atoms with E-state index >= 15 is 0 Å². The molecule has 2 saturated carbocycles. The molecule has 4 nitrogen and oxygen atoms in total. The molecule has 2 aliphatic carbocycles. The fourth-order valence-corrected chi connectivity index (χ4v) is 5.02. The van der Waals surface area contributed by atoms with Gasteiger partial charge in [-0.15, -0.1) is 0 Å². The number of carbonyl (C=O) groups excluding carboxylic acids is 1. The van der Waals surface area contributed by atoms with E-state index in [2.05, 4.69) is 31.0 Å². The SMILES string of the molecule is CC1CC(C(=O)N2CCC(CO)(NCC3CC3)CC2)CC(C)(C)C1. The van der Waals surface area contributed by atoms with Gasteiger partial charge < -0.3 is 15.3 Å². The Morgan fingerprint density at radius 2 is 1.88 bits per heavy atom. The molecule has 24 heavy (non-hydrogen) atoms. The highest BCUT2D eigenvalue weighted by atomic mass is 16.3. The van der Waals surface area contributed by atoms with E-state index in [1.54, 1.807) is 0 Å². The van der Waals surface area contributed by atoms with Gasteiger partial charge in [0.05, 0.1) is 6.61 Å². The standard InChI is InChI=1S/C20H36N2O2/c1-15-10-17(12-19(2,3)11-15)18(24)22-8-6-20(14-23,7-9-22)21-13-16-4-5-16/h15-17,21,23H,4-14H2,1-3H3. The van der Waals surface area contributed by atoms with Crippen molar-refractivity contribution >= 4 is 5.91 Å².